The van der Waals surface area contributed by atoms with E-state index >= 15 is 0 Å². The van der Waals surface area contributed by atoms with Crippen LogP contribution in [0, 0.1) is 5.92 Å². The van der Waals surface area contributed by atoms with Gasteiger partial charge in [-0.05, 0) is 24.2 Å². The first-order valence-electron chi connectivity index (χ1n) is 7.58. The maximum absolute atomic E-state index is 5.92. The lowest BCUT2D eigenvalue weighted by Crippen LogP contribution is -2.35. The highest BCUT2D eigenvalue weighted by Gasteiger charge is 2.44. The summed E-state index contributed by atoms with van der Waals surface area (Å²) in [7, 11) is 0. The van der Waals surface area contributed by atoms with Gasteiger partial charge in [0.05, 0.1) is 0 Å². The van der Waals surface area contributed by atoms with Crippen molar-refractivity contribution in [2.45, 2.75) is 19.3 Å². The summed E-state index contributed by atoms with van der Waals surface area (Å²) in [6, 6.07) is 19.6. The van der Waals surface area contributed by atoms with Gasteiger partial charge in [-0.3, -0.25) is 0 Å². The lowest BCUT2D eigenvalue weighted by molar-refractivity contribution is -0.0948. The van der Waals surface area contributed by atoms with Crippen molar-refractivity contribution in [2.24, 2.45) is 16.2 Å². The van der Waals surface area contributed by atoms with Gasteiger partial charge in [-0.15, -0.1) is 0 Å². The van der Waals surface area contributed by atoms with E-state index in [-0.39, 0.29) is 12.0 Å². The van der Waals surface area contributed by atoms with Crippen LogP contribution in [0.15, 0.2) is 71.0 Å². The van der Waals surface area contributed by atoms with Crippen LogP contribution in [0.2, 0.25) is 0 Å². The minimum atomic E-state index is -0.540. The predicted molar refractivity (Wildman–Crippen MR) is 86.0 cm³/mol. The number of ether oxygens (including phenoxy) is 1. The fourth-order valence-corrected chi connectivity index (χ4v) is 2.79. The van der Waals surface area contributed by atoms with E-state index in [1.54, 1.807) is 0 Å². The summed E-state index contributed by atoms with van der Waals surface area (Å²) >= 11 is 0. The third-order valence-corrected chi connectivity index (χ3v) is 3.99. The molecular weight excluding hydrogens is 292 g/mol. The van der Waals surface area contributed by atoms with Crippen LogP contribution >= 0.6 is 0 Å². The van der Waals surface area contributed by atoms with E-state index in [4.69, 9.17) is 14.4 Å². The second-order valence-electron chi connectivity index (χ2n) is 5.53. The molecule has 0 unspecified atom stereocenters. The molecule has 2 aromatic rings. The number of hydrogen-bond donors (Lipinski definition) is 0. The molecule has 2 heterocycles. The molecule has 2 aliphatic heterocycles. The van der Waals surface area contributed by atoms with Crippen molar-refractivity contribution in [3.63, 3.8) is 0 Å². The van der Waals surface area contributed by atoms with E-state index < -0.39 is 6.29 Å². The smallest absolute Gasteiger partial charge is 0.279 e. The Bertz CT molecular complexity index is 743. The zero-order valence-corrected chi connectivity index (χ0v) is 12.6. The Kier molecular flexibility index (Phi) is 3.46. The average Bonchev–Trinajstić information content (AvgIpc) is 3.23. The summed E-state index contributed by atoms with van der Waals surface area (Å²) in [6.07, 6.45) is -0.679. The van der Waals surface area contributed by atoms with Crippen LogP contribution < -0.4 is 0 Å². The summed E-state index contributed by atoms with van der Waals surface area (Å²) < 4.78 is 5.92. The third-order valence-electron chi connectivity index (χ3n) is 3.99. The molecule has 5 heteroatoms. The summed E-state index contributed by atoms with van der Waals surface area (Å²) in [5.74, 6) is 0.351. The SMILES string of the molecule is C[C@@H]1ON=C(c2ccccc2)[C@H]1[C@H]1ON=C(c2ccccc2)O1. The van der Waals surface area contributed by atoms with Gasteiger partial charge < -0.3 is 14.4 Å². The molecule has 0 N–H and O–H groups in total. The molecule has 0 spiro atoms. The number of nitrogens with zero attached hydrogens (tertiary/aromatic N) is 2. The van der Waals surface area contributed by atoms with Crippen molar-refractivity contribution in [1.82, 2.24) is 0 Å². The largest absolute Gasteiger partial charge is 0.432 e. The second kappa shape index (κ2) is 5.76. The molecule has 2 aliphatic rings. The van der Waals surface area contributed by atoms with Crippen molar-refractivity contribution in [1.29, 1.82) is 0 Å². The summed E-state index contributed by atoms with van der Waals surface area (Å²) in [5, 5.41) is 8.29. The Labute approximate surface area is 134 Å². The zero-order chi connectivity index (χ0) is 15.6. The average molecular weight is 308 g/mol. The lowest BCUT2D eigenvalue weighted by atomic mass is 9.92. The van der Waals surface area contributed by atoms with Crippen LogP contribution in [0.3, 0.4) is 0 Å². The van der Waals surface area contributed by atoms with Crippen molar-refractivity contribution in [2.75, 3.05) is 0 Å². The number of hydrogen-bond acceptors (Lipinski definition) is 5. The number of rotatable bonds is 3. The molecule has 0 amide bonds. The molecule has 0 aliphatic carbocycles. The quantitative estimate of drug-likeness (QED) is 0.875. The van der Waals surface area contributed by atoms with Crippen molar-refractivity contribution in [3.8, 4) is 0 Å². The molecule has 3 atom stereocenters. The summed E-state index contributed by atoms with van der Waals surface area (Å²) in [5.41, 5.74) is 2.72. The number of oxime groups is 2. The molecule has 0 fully saturated rings. The molecule has 5 nitrogen and oxygen atoms in total. The molecule has 23 heavy (non-hydrogen) atoms. The Morgan fingerprint density at radius 1 is 0.783 bits per heavy atom. The minimum Gasteiger partial charge on any atom is -0.432 e. The van der Waals surface area contributed by atoms with Crippen LogP contribution in [0.25, 0.3) is 0 Å². The first kappa shape index (κ1) is 13.8. The maximum Gasteiger partial charge on any atom is 0.279 e. The van der Waals surface area contributed by atoms with Gasteiger partial charge in [0, 0.05) is 11.1 Å². The van der Waals surface area contributed by atoms with Gasteiger partial charge in [-0.25, -0.2) is 0 Å². The Balaban J connectivity index is 1.55. The third kappa shape index (κ3) is 2.54. The molecule has 0 saturated carbocycles. The van der Waals surface area contributed by atoms with Gasteiger partial charge in [0.25, 0.3) is 12.2 Å². The van der Waals surface area contributed by atoms with Crippen molar-refractivity contribution < 1.29 is 14.4 Å². The Morgan fingerprint density at radius 2 is 1.43 bits per heavy atom. The molecule has 116 valence electrons. The van der Waals surface area contributed by atoms with Crippen LogP contribution in [-0.2, 0) is 14.4 Å². The highest BCUT2D eigenvalue weighted by molar-refractivity contribution is 6.03. The fourth-order valence-electron chi connectivity index (χ4n) is 2.79. The minimum absolute atomic E-state index is 0.137. The monoisotopic (exact) mass is 308 g/mol. The molecular formula is C18H16N2O3. The van der Waals surface area contributed by atoms with Crippen LogP contribution in [0.1, 0.15) is 18.1 Å². The number of benzene rings is 2. The second-order valence-corrected chi connectivity index (χ2v) is 5.53. The van der Waals surface area contributed by atoms with Crippen molar-refractivity contribution >= 4 is 11.6 Å². The van der Waals surface area contributed by atoms with E-state index in [0.29, 0.717) is 5.90 Å². The fraction of sp³-hybridized carbons (Fsp3) is 0.222. The Hall–Kier alpha value is -2.82. The molecule has 4 rings (SSSR count). The summed E-state index contributed by atoms with van der Waals surface area (Å²) in [4.78, 5) is 11.0. The van der Waals surface area contributed by atoms with E-state index in [1.807, 2.05) is 67.6 Å². The predicted octanol–water partition coefficient (Wildman–Crippen LogP) is 3.16. The molecule has 0 saturated heterocycles. The van der Waals surface area contributed by atoms with Crippen LogP contribution in [0.5, 0.6) is 0 Å². The maximum atomic E-state index is 5.92. The van der Waals surface area contributed by atoms with Crippen LogP contribution in [-0.4, -0.2) is 24.0 Å². The van der Waals surface area contributed by atoms with E-state index in [0.717, 1.165) is 16.8 Å². The first-order valence-corrected chi connectivity index (χ1v) is 7.58. The van der Waals surface area contributed by atoms with Gasteiger partial charge in [0.15, 0.2) is 0 Å². The van der Waals surface area contributed by atoms with Gasteiger partial charge in [-0.2, -0.15) is 0 Å². The molecule has 2 aromatic carbocycles. The molecule has 0 radical (unpaired) electrons. The van der Waals surface area contributed by atoms with E-state index in [2.05, 4.69) is 10.3 Å². The lowest BCUT2D eigenvalue weighted by Gasteiger charge is -2.20. The zero-order valence-electron chi connectivity index (χ0n) is 12.6. The normalized spacial score (nSPS) is 25.9. The highest BCUT2D eigenvalue weighted by atomic mass is 16.8. The molecule has 0 aromatic heterocycles. The standard InChI is InChI=1S/C18H16N2O3/c1-12-15(16(19-22-12)13-8-4-2-5-9-13)18-21-17(20-23-18)14-10-6-3-7-11-14/h2-12,15,18H,1H3/t12-,15-,18+/m0/s1. The first-order chi connectivity index (χ1) is 11.3. The summed E-state index contributed by atoms with van der Waals surface area (Å²) in [6.45, 7) is 1.96. The van der Waals surface area contributed by atoms with Crippen LogP contribution in [0.4, 0.5) is 0 Å². The highest BCUT2D eigenvalue weighted by Crippen LogP contribution is 2.31. The van der Waals surface area contributed by atoms with Crippen molar-refractivity contribution in [3.05, 3.63) is 71.8 Å². The topological polar surface area (TPSA) is 52.4 Å². The van der Waals surface area contributed by atoms with Gasteiger partial charge in [0.1, 0.15) is 17.7 Å². The van der Waals surface area contributed by atoms with Gasteiger partial charge in [-0.1, -0.05) is 53.7 Å². The van der Waals surface area contributed by atoms with Gasteiger partial charge >= 0.3 is 0 Å². The van der Waals surface area contributed by atoms with Gasteiger partial charge in [0.2, 0.25) is 0 Å². The molecule has 0 bridgehead atoms. The Morgan fingerprint density at radius 3 is 2.13 bits per heavy atom. The van der Waals surface area contributed by atoms with E-state index in [1.165, 1.54) is 0 Å². The van der Waals surface area contributed by atoms with E-state index in [9.17, 15) is 0 Å².